The van der Waals surface area contributed by atoms with Crippen molar-refractivity contribution in [2.45, 2.75) is 55.4 Å². The summed E-state index contributed by atoms with van der Waals surface area (Å²) in [4.78, 5) is 12.2. The van der Waals surface area contributed by atoms with Crippen LogP contribution in [0.15, 0.2) is 0 Å². The van der Waals surface area contributed by atoms with Gasteiger partial charge in [0.2, 0.25) is 0 Å². The second kappa shape index (κ2) is 9.71. The highest BCUT2D eigenvalue weighted by molar-refractivity contribution is 7.99. The van der Waals surface area contributed by atoms with E-state index in [1.807, 2.05) is 11.8 Å². The van der Waals surface area contributed by atoms with E-state index in [1.165, 1.54) is 12.8 Å². The number of amides is 2. The summed E-state index contributed by atoms with van der Waals surface area (Å²) in [5.74, 6) is 0. The molecule has 1 saturated heterocycles. The van der Waals surface area contributed by atoms with Crippen LogP contribution in [0.2, 0.25) is 0 Å². The van der Waals surface area contributed by atoms with E-state index in [1.54, 1.807) is 0 Å². The minimum Gasteiger partial charge on any atom is -0.394 e. The van der Waals surface area contributed by atoms with Gasteiger partial charge in [0.25, 0.3) is 0 Å². The van der Waals surface area contributed by atoms with Gasteiger partial charge in [-0.25, -0.2) is 4.79 Å². The molecule has 2 atom stereocenters. The Hall–Kier alpha value is -0.500. The molecule has 0 spiro atoms. The summed E-state index contributed by atoms with van der Waals surface area (Å²) in [5, 5.41) is 15.7. The molecule has 0 radical (unpaired) electrons. The van der Waals surface area contributed by atoms with Crippen molar-refractivity contribution < 1.29 is 19.4 Å². The highest BCUT2D eigenvalue weighted by Gasteiger charge is 2.34. The van der Waals surface area contributed by atoms with Crippen LogP contribution in [0.4, 0.5) is 4.79 Å². The first kappa shape index (κ1) is 18.8. The predicted molar refractivity (Wildman–Crippen MR) is 91.9 cm³/mol. The number of ether oxygens (including phenoxy) is 2. The molecule has 134 valence electrons. The molecule has 23 heavy (non-hydrogen) atoms. The third kappa shape index (κ3) is 6.14. The highest BCUT2D eigenvalue weighted by atomic mass is 32.2. The first-order chi connectivity index (χ1) is 11.2. The molecule has 2 amide bonds. The Morgan fingerprint density at radius 3 is 2.87 bits per heavy atom. The lowest BCUT2D eigenvalue weighted by Gasteiger charge is -2.37. The molecule has 1 heterocycles. The van der Waals surface area contributed by atoms with Gasteiger partial charge in [-0.2, -0.15) is 11.8 Å². The Morgan fingerprint density at radius 2 is 2.17 bits per heavy atom. The van der Waals surface area contributed by atoms with Crippen LogP contribution >= 0.6 is 11.8 Å². The Kier molecular flexibility index (Phi) is 7.95. The Balaban J connectivity index is 1.76. The van der Waals surface area contributed by atoms with Crippen molar-refractivity contribution in [3.63, 3.8) is 0 Å². The zero-order valence-electron chi connectivity index (χ0n) is 14.0. The molecule has 0 unspecified atom stereocenters. The van der Waals surface area contributed by atoms with Crippen molar-refractivity contribution in [3.8, 4) is 0 Å². The number of urea groups is 1. The van der Waals surface area contributed by atoms with E-state index >= 15 is 0 Å². The first-order valence-electron chi connectivity index (χ1n) is 8.57. The van der Waals surface area contributed by atoms with E-state index in [0.717, 1.165) is 25.7 Å². The van der Waals surface area contributed by atoms with Crippen LogP contribution < -0.4 is 10.6 Å². The standard InChI is InChI=1S/C16H30N2O4S/c1-23-14-4-2-3-13(11-14)18-15(20)17-12-16(22-10-7-19)5-8-21-9-6-16/h13-14,19H,2-12H2,1H3,(H2,17,18,20)/t13-,14+/m1/s1. The number of carbonyl (C=O) groups is 1. The van der Waals surface area contributed by atoms with E-state index < -0.39 is 5.60 Å². The molecule has 2 rings (SSSR count). The fraction of sp³-hybridized carbons (Fsp3) is 0.938. The van der Waals surface area contributed by atoms with Gasteiger partial charge >= 0.3 is 6.03 Å². The molecule has 0 aromatic carbocycles. The molecule has 6 nitrogen and oxygen atoms in total. The molecule has 2 aliphatic rings. The summed E-state index contributed by atoms with van der Waals surface area (Å²) in [6.07, 6.45) is 8.16. The largest absolute Gasteiger partial charge is 0.394 e. The van der Waals surface area contributed by atoms with Crippen molar-refractivity contribution in [2.75, 3.05) is 39.2 Å². The van der Waals surface area contributed by atoms with Gasteiger partial charge in [0.1, 0.15) is 0 Å². The van der Waals surface area contributed by atoms with Crippen LogP contribution in [0.5, 0.6) is 0 Å². The number of thioether (sulfide) groups is 1. The third-order valence-corrected chi connectivity index (χ3v) is 5.86. The Bertz CT molecular complexity index is 364. The molecule has 0 aromatic rings. The second-order valence-electron chi connectivity index (χ2n) is 6.42. The monoisotopic (exact) mass is 346 g/mol. The molecular weight excluding hydrogens is 316 g/mol. The predicted octanol–water partition coefficient (Wildman–Crippen LogP) is 1.52. The average Bonchev–Trinajstić information content (AvgIpc) is 2.59. The van der Waals surface area contributed by atoms with Gasteiger partial charge in [-0.05, 0) is 25.5 Å². The SMILES string of the molecule is CS[C@H]1CCC[C@@H](NC(=O)NCC2(OCCO)CCOCC2)C1. The zero-order valence-corrected chi connectivity index (χ0v) is 14.8. The van der Waals surface area contributed by atoms with Gasteiger partial charge in [0.05, 0.1) is 18.8 Å². The molecule has 1 aliphatic carbocycles. The van der Waals surface area contributed by atoms with E-state index in [-0.39, 0.29) is 18.7 Å². The maximum Gasteiger partial charge on any atom is 0.315 e. The summed E-state index contributed by atoms with van der Waals surface area (Å²) in [6.45, 7) is 2.01. The van der Waals surface area contributed by atoms with Gasteiger partial charge in [-0.15, -0.1) is 0 Å². The van der Waals surface area contributed by atoms with Crippen LogP contribution in [0.1, 0.15) is 38.5 Å². The number of hydrogen-bond donors (Lipinski definition) is 3. The summed E-state index contributed by atoms with van der Waals surface area (Å²) in [7, 11) is 0. The quantitative estimate of drug-likeness (QED) is 0.651. The Morgan fingerprint density at radius 1 is 1.39 bits per heavy atom. The van der Waals surface area contributed by atoms with E-state index in [2.05, 4.69) is 16.9 Å². The van der Waals surface area contributed by atoms with E-state index in [9.17, 15) is 4.79 Å². The smallest absolute Gasteiger partial charge is 0.315 e. The normalized spacial score (nSPS) is 27.4. The van der Waals surface area contributed by atoms with Crippen LogP contribution in [-0.4, -0.2) is 67.3 Å². The maximum absolute atomic E-state index is 12.2. The van der Waals surface area contributed by atoms with Gasteiger partial charge in [0.15, 0.2) is 0 Å². The van der Waals surface area contributed by atoms with Crippen molar-refractivity contribution >= 4 is 17.8 Å². The van der Waals surface area contributed by atoms with Crippen molar-refractivity contribution in [3.05, 3.63) is 0 Å². The van der Waals surface area contributed by atoms with Gasteiger partial charge in [-0.1, -0.05) is 6.42 Å². The number of hydrogen-bond acceptors (Lipinski definition) is 5. The van der Waals surface area contributed by atoms with E-state index in [0.29, 0.717) is 31.6 Å². The summed E-state index contributed by atoms with van der Waals surface area (Å²) < 4.78 is 11.2. The van der Waals surface area contributed by atoms with Gasteiger partial charge in [-0.3, -0.25) is 0 Å². The minimum absolute atomic E-state index is 0.00699. The van der Waals surface area contributed by atoms with Crippen molar-refractivity contribution in [2.24, 2.45) is 0 Å². The molecule has 3 N–H and O–H groups in total. The lowest BCUT2D eigenvalue weighted by Crippen LogP contribution is -2.52. The highest BCUT2D eigenvalue weighted by Crippen LogP contribution is 2.27. The molecule has 0 bridgehead atoms. The molecule has 2 fully saturated rings. The number of carbonyl (C=O) groups excluding carboxylic acids is 1. The number of rotatable bonds is 7. The second-order valence-corrected chi connectivity index (χ2v) is 7.55. The lowest BCUT2D eigenvalue weighted by molar-refractivity contribution is -0.114. The molecule has 1 aliphatic heterocycles. The van der Waals surface area contributed by atoms with Crippen LogP contribution in [0.25, 0.3) is 0 Å². The minimum atomic E-state index is -0.410. The summed E-state index contributed by atoms with van der Waals surface area (Å²) in [5.41, 5.74) is -0.410. The molecule has 0 aromatic heterocycles. The Labute approximate surface area is 143 Å². The fourth-order valence-electron chi connectivity index (χ4n) is 3.35. The zero-order chi connectivity index (χ0) is 16.5. The third-order valence-electron chi connectivity index (χ3n) is 4.77. The first-order valence-corrected chi connectivity index (χ1v) is 9.86. The van der Waals surface area contributed by atoms with E-state index in [4.69, 9.17) is 14.6 Å². The number of aliphatic hydroxyl groups is 1. The molecular formula is C16H30N2O4S. The van der Waals surface area contributed by atoms with Crippen LogP contribution in [0.3, 0.4) is 0 Å². The van der Waals surface area contributed by atoms with Crippen molar-refractivity contribution in [1.82, 2.24) is 10.6 Å². The molecule has 7 heteroatoms. The maximum atomic E-state index is 12.2. The lowest BCUT2D eigenvalue weighted by atomic mass is 9.93. The van der Waals surface area contributed by atoms with Crippen molar-refractivity contribution in [1.29, 1.82) is 0 Å². The molecule has 1 saturated carbocycles. The topological polar surface area (TPSA) is 79.8 Å². The van der Waals surface area contributed by atoms with Crippen LogP contribution in [0, 0.1) is 0 Å². The number of nitrogens with one attached hydrogen (secondary N) is 2. The number of aliphatic hydroxyl groups excluding tert-OH is 1. The van der Waals surface area contributed by atoms with Gasteiger partial charge in [0, 0.05) is 43.9 Å². The summed E-state index contributed by atoms with van der Waals surface area (Å²) in [6, 6.07) is 0.153. The van der Waals surface area contributed by atoms with Crippen LogP contribution in [-0.2, 0) is 9.47 Å². The summed E-state index contributed by atoms with van der Waals surface area (Å²) >= 11 is 1.89. The fourth-order valence-corrected chi connectivity index (χ4v) is 4.17. The van der Waals surface area contributed by atoms with Gasteiger partial charge < -0.3 is 25.2 Å². The average molecular weight is 346 g/mol.